The van der Waals surface area contributed by atoms with Gasteiger partial charge in [-0.3, -0.25) is 8.98 Å². The van der Waals surface area contributed by atoms with Crippen molar-refractivity contribution in [3.63, 3.8) is 0 Å². The van der Waals surface area contributed by atoms with E-state index in [2.05, 4.69) is 0 Å². The Morgan fingerprint density at radius 2 is 1.64 bits per heavy atom. The van der Waals surface area contributed by atoms with Crippen molar-refractivity contribution < 1.29 is 17.4 Å². The van der Waals surface area contributed by atoms with E-state index in [-0.39, 0.29) is 33.3 Å². The molecule has 0 aliphatic heterocycles. The summed E-state index contributed by atoms with van der Waals surface area (Å²) in [7, 11) is -3.87. The lowest BCUT2D eigenvalue weighted by atomic mass is 9.99. The number of carbonyl (C=O) groups is 1. The fourth-order valence-electron chi connectivity index (χ4n) is 1.92. The molecule has 0 N–H and O–H groups in total. The van der Waals surface area contributed by atoms with E-state index in [9.17, 15) is 13.2 Å². The molecular weight excluding hydrogens is 383 g/mol. The van der Waals surface area contributed by atoms with Gasteiger partial charge in [-0.2, -0.15) is 8.42 Å². The van der Waals surface area contributed by atoms with Crippen LogP contribution in [-0.2, 0) is 14.3 Å². The van der Waals surface area contributed by atoms with Crippen LogP contribution in [0.4, 0.5) is 0 Å². The topological polar surface area (TPSA) is 60.4 Å². The Morgan fingerprint density at radius 3 is 2.20 bits per heavy atom. The van der Waals surface area contributed by atoms with Crippen molar-refractivity contribution in [3.05, 3.63) is 63.6 Å². The first-order valence-corrected chi connectivity index (χ1v) is 9.65. The molecule has 0 aliphatic rings. The van der Waals surface area contributed by atoms with E-state index in [1.807, 2.05) is 20.8 Å². The van der Waals surface area contributed by atoms with Gasteiger partial charge in [0.25, 0.3) is 10.1 Å². The molecule has 0 aliphatic carbocycles. The van der Waals surface area contributed by atoms with E-state index in [0.29, 0.717) is 10.6 Å². The number of ketones is 1. The number of hydrogen-bond donors (Lipinski definition) is 0. The standard InChI is InChI=1S/C18H18Cl2O4S/c1-18(2,3)11-24-25(22,23)14-7-4-12(5-8-14)17(21)15-10-13(19)6-9-16(15)20/h4-10H,11H2,1-3H3. The minimum absolute atomic E-state index is 0.00880. The second kappa shape index (κ2) is 7.46. The molecule has 0 atom stereocenters. The largest absolute Gasteiger partial charge is 0.296 e. The molecule has 0 aromatic heterocycles. The van der Waals surface area contributed by atoms with Gasteiger partial charge in [-0.1, -0.05) is 44.0 Å². The van der Waals surface area contributed by atoms with Crippen molar-refractivity contribution >= 4 is 39.1 Å². The Hall–Kier alpha value is -1.40. The van der Waals surface area contributed by atoms with Crippen molar-refractivity contribution in [2.75, 3.05) is 6.61 Å². The molecule has 2 rings (SSSR count). The van der Waals surface area contributed by atoms with Crippen LogP contribution in [0.5, 0.6) is 0 Å². The molecule has 0 amide bonds. The number of halogens is 2. The van der Waals surface area contributed by atoms with Crippen LogP contribution < -0.4 is 0 Å². The first-order chi connectivity index (χ1) is 11.5. The molecule has 0 saturated heterocycles. The second-order valence-corrected chi connectivity index (χ2v) is 9.21. The normalized spacial score (nSPS) is 12.2. The van der Waals surface area contributed by atoms with E-state index in [1.165, 1.54) is 36.4 Å². The number of hydrogen-bond acceptors (Lipinski definition) is 4. The SMILES string of the molecule is CC(C)(C)COS(=O)(=O)c1ccc(C(=O)c2cc(Cl)ccc2Cl)cc1. The highest BCUT2D eigenvalue weighted by molar-refractivity contribution is 7.86. The Kier molecular flexibility index (Phi) is 5.94. The highest BCUT2D eigenvalue weighted by Gasteiger charge is 2.21. The smallest absolute Gasteiger partial charge is 0.289 e. The molecule has 0 bridgehead atoms. The molecule has 2 aromatic rings. The van der Waals surface area contributed by atoms with E-state index >= 15 is 0 Å². The zero-order valence-corrected chi connectivity index (χ0v) is 16.4. The third kappa shape index (κ3) is 5.28. The lowest BCUT2D eigenvalue weighted by molar-refractivity contribution is 0.103. The van der Waals surface area contributed by atoms with Gasteiger partial charge in [0.05, 0.1) is 16.5 Å². The molecule has 0 unspecified atom stereocenters. The Morgan fingerprint density at radius 1 is 1.04 bits per heavy atom. The van der Waals surface area contributed by atoms with Gasteiger partial charge in [-0.15, -0.1) is 0 Å². The lowest BCUT2D eigenvalue weighted by Gasteiger charge is -2.17. The van der Waals surface area contributed by atoms with Crippen molar-refractivity contribution in [2.24, 2.45) is 5.41 Å². The highest BCUT2D eigenvalue weighted by atomic mass is 35.5. The van der Waals surface area contributed by atoms with Gasteiger partial charge in [0, 0.05) is 16.1 Å². The maximum absolute atomic E-state index is 12.5. The average Bonchev–Trinajstić information content (AvgIpc) is 2.54. The highest BCUT2D eigenvalue weighted by Crippen LogP contribution is 2.24. The average molecular weight is 401 g/mol. The number of benzene rings is 2. The lowest BCUT2D eigenvalue weighted by Crippen LogP contribution is -2.18. The monoisotopic (exact) mass is 400 g/mol. The van der Waals surface area contributed by atoms with Gasteiger partial charge in [-0.25, -0.2) is 0 Å². The van der Waals surface area contributed by atoms with Crippen LogP contribution in [0, 0.1) is 5.41 Å². The van der Waals surface area contributed by atoms with Gasteiger partial charge in [0.2, 0.25) is 0 Å². The third-order valence-corrected chi connectivity index (χ3v) is 5.07. The van der Waals surface area contributed by atoms with Crippen LogP contribution in [0.15, 0.2) is 47.4 Å². The number of rotatable bonds is 5. The Labute approximate surface area is 157 Å². The minimum Gasteiger partial charge on any atom is -0.289 e. The van der Waals surface area contributed by atoms with Crippen molar-refractivity contribution in [1.29, 1.82) is 0 Å². The summed E-state index contributed by atoms with van der Waals surface area (Å²) in [5, 5.41) is 0.669. The maximum atomic E-state index is 12.5. The Bertz CT molecular complexity index is 882. The molecule has 25 heavy (non-hydrogen) atoms. The minimum atomic E-state index is -3.87. The Balaban J connectivity index is 2.25. The van der Waals surface area contributed by atoms with E-state index < -0.39 is 10.1 Å². The van der Waals surface area contributed by atoms with Gasteiger partial charge < -0.3 is 0 Å². The molecule has 4 nitrogen and oxygen atoms in total. The summed E-state index contributed by atoms with van der Waals surface area (Å²) >= 11 is 11.9. The van der Waals surface area contributed by atoms with Gasteiger partial charge in [0.15, 0.2) is 5.78 Å². The zero-order chi connectivity index (χ0) is 18.8. The molecule has 0 radical (unpaired) electrons. The van der Waals surface area contributed by atoms with Crippen LogP contribution in [-0.4, -0.2) is 20.8 Å². The van der Waals surface area contributed by atoms with Crippen LogP contribution in [0.3, 0.4) is 0 Å². The second-order valence-electron chi connectivity index (χ2n) is 6.75. The molecule has 134 valence electrons. The molecular formula is C18H18Cl2O4S. The van der Waals surface area contributed by atoms with Crippen LogP contribution in [0.25, 0.3) is 0 Å². The van der Waals surface area contributed by atoms with Crippen LogP contribution in [0.2, 0.25) is 10.0 Å². The summed E-state index contributed by atoms with van der Waals surface area (Å²) in [6.07, 6.45) is 0. The predicted molar refractivity (Wildman–Crippen MR) is 98.9 cm³/mol. The summed E-state index contributed by atoms with van der Waals surface area (Å²) in [5.74, 6) is -0.341. The first-order valence-electron chi connectivity index (χ1n) is 7.49. The molecule has 7 heteroatoms. The summed E-state index contributed by atoms with van der Waals surface area (Å²) in [5.41, 5.74) is 0.277. The van der Waals surface area contributed by atoms with Crippen molar-refractivity contribution in [3.8, 4) is 0 Å². The summed E-state index contributed by atoms with van der Waals surface area (Å²) < 4.78 is 29.4. The zero-order valence-electron chi connectivity index (χ0n) is 14.0. The predicted octanol–water partition coefficient (Wildman–Crippen LogP) is 4.98. The first kappa shape index (κ1) is 19.9. The molecule has 2 aromatic carbocycles. The van der Waals surface area contributed by atoms with Crippen LogP contribution >= 0.6 is 23.2 Å². The molecule has 0 fully saturated rings. The maximum Gasteiger partial charge on any atom is 0.296 e. The van der Waals surface area contributed by atoms with Gasteiger partial charge in [0.1, 0.15) is 0 Å². The molecule has 0 heterocycles. The third-order valence-electron chi connectivity index (χ3n) is 3.23. The summed E-state index contributed by atoms with van der Waals surface area (Å²) in [6.45, 7) is 5.69. The van der Waals surface area contributed by atoms with Crippen molar-refractivity contribution in [1.82, 2.24) is 0 Å². The quantitative estimate of drug-likeness (QED) is 0.524. The summed E-state index contributed by atoms with van der Waals surface area (Å²) in [4.78, 5) is 12.5. The van der Waals surface area contributed by atoms with Crippen molar-refractivity contribution in [2.45, 2.75) is 25.7 Å². The number of carbonyl (C=O) groups excluding carboxylic acids is 1. The van der Waals surface area contributed by atoms with Crippen LogP contribution in [0.1, 0.15) is 36.7 Å². The fraction of sp³-hybridized carbons (Fsp3) is 0.278. The molecule has 0 spiro atoms. The van der Waals surface area contributed by atoms with E-state index in [0.717, 1.165) is 0 Å². The summed E-state index contributed by atoms with van der Waals surface area (Å²) in [6, 6.07) is 10.1. The van der Waals surface area contributed by atoms with E-state index in [1.54, 1.807) is 6.07 Å². The fourth-order valence-corrected chi connectivity index (χ4v) is 3.41. The molecule has 0 saturated carbocycles. The van der Waals surface area contributed by atoms with E-state index in [4.69, 9.17) is 27.4 Å². The van der Waals surface area contributed by atoms with Gasteiger partial charge >= 0.3 is 0 Å². The van der Waals surface area contributed by atoms with Gasteiger partial charge in [-0.05, 0) is 47.9 Å².